The lowest BCUT2D eigenvalue weighted by Crippen LogP contribution is -2.55. The molecule has 4 rings (SSSR count). The molecule has 3 nitrogen and oxygen atoms in total. The van der Waals surface area contributed by atoms with Gasteiger partial charge in [0.05, 0.1) is 11.2 Å². The number of anilines is 1. The minimum absolute atomic E-state index is 0.0219. The first-order valence-electron chi connectivity index (χ1n) is 9.82. The molecule has 0 unspecified atom stereocenters. The van der Waals surface area contributed by atoms with Crippen LogP contribution in [0, 0.1) is 11.8 Å². The van der Waals surface area contributed by atoms with Gasteiger partial charge < -0.3 is 0 Å². The Hall–Kier alpha value is -2.67. The van der Waals surface area contributed by atoms with Crippen LogP contribution in [0.25, 0.3) is 10.2 Å². The van der Waals surface area contributed by atoms with E-state index in [2.05, 4.69) is 18.4 Å². The first kappa shape index (κ1) is 20.6. The summed E-state index contributed by atoms with van der Waals surface area (Å²) >= 11 is 1.43. The molecular formula is C23H22F3N2OS+. The van der Waals surface area contributed by atoms with Crippen LogP contribution in [0.1, 0.15) is 25.5 Å². The van der Waals surface area contributed by atoms with Crippen LogP contribution in [0.15, 0.2) is 66.7 Å². The Kier molecular flexibility index (Phi) is 5.40. The van der Waals surface area contributed by atoms with Gasteiger partial charge in [-0.05, 0) is 35.0 Å². The Balaban J connectivity index is 1.92. The van der Waals surface area contributed by atoms with E-state index in [1.165, 1.54) is 11.3 Å². The molecule has 7 heteroatoms. The molecular weight excluding hydrogens is 409 g/mol. The molecule has 0 N–H and O–H groups in total. The van der Waals surface area contributed by atoms with E-state index in [9.17, 15) is 18.0 Å². The normalized spacial score (nSPS) is 19.6. The van der Waals surface area contributed by atoms with Gasteiger partial charge in [-0.25, -0.2) is 9.36 Å². The Morgan fingerprint density at radius 2 is 1.80 bits per heavy atom. The van der Waals surface area contributed by atoms with Crippen LogP contribution in [0.3, 0.4) is 0 Å². The van der Waals surface area contributed by atoms with Crippen LogP contribution in [-0.2, 0) is 11.3 Å². The highest BCUT2D eigenvalue weighted by molar-refractivity contribution is 7.21. The second-order valence-corrected chi connectivity index (χ2v) is 8.82. The second-order valence-electron chi connectivity index (χ2n) is 7.81. The SMILES string of the molecule is CC(C)[C@@H]1C[n+]2c(sc3ccccc32)N(C(=O)/C=C/C(F)(F)F)[C@@H]1c1ccccc1. The van der Waals surface area contributed by atoms with Crippen LogP contribution < -0.4 is 9.47 Å². The highest BCUT2D eigenvalue weighted by Crippen LogP contribution is 2.43. The van der Waals surface area contributed by atoms with Crippen LogP contribution >= 0.6 is 11.3 Å². The molecule has 1 aliphatic heterocycles. The Labute approximate surface area is 177 Å². The predicted octanol–water partition coefficient (Wildman–Crippen LogP) is 5.67. The van der Waals surface area contributed by atoms with Crippen molar-refractivity contribution >= 4 is 32.6 Å². The van der Waals surface area contributed by atoms with Gasteiger partial charge in [-0.3, -0.25) is 0 Å². The maximum absolute atomic E-state index is 13.2. The summed E-state index contributed by atoms with van der Waals surface area (Å²) in [4.78, 5) is 14.7. The Morgan fingerprint density at radius 1 is 1.13 bits per heavy atom. The van der Waals surface area contributed by atoms with Crippen molar-refractivity contribution in [1.29, 1.82) is 0 Å². The summed E-state index contributed by atoms with van der Waals surface area (Å²) in [5.41, 5.74) is 1.92. The third-order valence-electron chi connectivity index (χ3n) is 5.52. The number of para-hydroxylation sites is 1. The van der Waals surface area contributed by atoms with Crippen LogP contribution in [0.5, 0.6) is 0 Å². The number of aromatic nitrogens is 1. The molecule has 0 saturated carbocycles. The average molecular weight is 432 g/mol. The van der Waals surface area contributed by atoms with Crippen molar-refractivity contribution in [3.63, 3.8) is 0 Å². The quantitative estimate of drug-likeness (QED) is 0.387. The van der Waals surface area contributed by atoms with Gasteiger partial charge in [-0.2, -0.15) is 18.1 Å². The van der Waals surface area contributed by atoms with Crippen molar-refractivity contribution in [2.45, 2.75) is 32.6 Å². The second kappa shape index (κ2) is 7.87. The van der Waals surface area contributed by atoms with Gasteiger partial charge in [0.25, 0.3) is 0 Å². The Bertz CT molecular complexity index is 1090. The molecule has 3 aromatic rings. The molecule has 0 bridgehead atoms. The van der Waals surface area contributed by atoms with Crippen molar-refractivity contribution in [2.24, 2.45) is 11.8 Å². The van der Waals surface area contributed by atoms with Crippen LogP contribution in [-0.4, -0.2) is 12.1 Å². The molecule has 2 atom stereocenters. The number of thiazole rings is 1. The molecule has 156 valence electrons. The summed E-state index contributed by atoms with van der Waals surface area (Å²) in [7, 11) is 0. The summed E-state index contributed by atoms with van der Waals surface area (Å²) in [5.74, 6) is -0.394. The zero-order valence-electron chi connectivity index (χ0n) is 16.6. The molecule has 0 radical (unpaired) electrons. The van der Waals surface area contributed by atoms with Gasteiger partial charge >= 0.3 is 17.2 Å². The molecule has 1 amide bonds. The van der Waals surface area contributed by atoms with E-state index in [1.54, 1.807) is 4.90 Å². The standard InChI is InChI=1S/C23H22F3N2OS/c1-15(2)17-14-27-18-10-6-7-11-19(18)30-22(27)28(20(29)12-13-23(24,25)26)21(17)16-8-4-3-5-9-16/h3-13,15,17,21H,14H2,1-2H3/q+1/b13-12+/t17-,21+/m0/s1. The molecule has 0 aliphatic carbocycles. The molecule has 30 heavy (non-hydrogen) atoms. The van der Waals surface area contributed by atoms with E-state index < -0.39 is 12.1 Å². The van der Waals surface area contributed by atoms with Crippen molar-refractivity contribution in [2.75, 3.05) is 4.90 Å². The van der Waals surface area contributed by atoms with E-state index >= 15 is 0 Å². The zero-order chi connectivity index (χ0) is 21.5. The summed E-state index contributed by atoms with van der Waals surface area (Å²) < 4.78 is 41.5. The first-order valence-corrected chi connectivity index (χ1v) is 10.6. The summed E-state index contributed by atoms with van der Waals surface area (Å²) in [6.45, 7) is 4.88. The van der Waals surface area contributed by atoms with Crippen molar-refractivity contribution in [3.8, 4) is 0 Å². The number of benzene rings is 2. The minimum atomic E-state index is -4.54. The maximum atomic E-state index is 13.2. The third kappa shape index (κ3) is 3.86. The summed E-state index contributed by atoms with van der Waals surface area (Å²) in [6.07, 6.45) is -3.87. The van der Waals surface area contributed by atoms with Crippen molar-refractivity contribution in [3.05, 3.63) is 72.3 Å². The number of alkyl halides is 3. The third-order valence-corrected chi connectivity index (χ3v) is 6.69. The van der Waals surface area contributed by atoms with E-state index in [1.807, 2.05) is 54.6 Å². The summed E-state index contributed by atoms with van der Waals surface area (Å²) in [6, 6.07) is 17.1. The zero-order valence-corrected chi connectivity index (χ0v) is 17.5. The van der Waals surface area contributed by atoms with Crippen molar-refractivity contribution < 1.29 is 22.5 Å². The molecule has 0 saturated heterocycles. The minimum Gasteiger partial charge on any atom is -0.241 e. The molecule has 0 spiro atoms. The van der Waals surface area contributed by atoms with Gasteiger partial charge in [-0.15, -0.1) is 0 Å². The highest BCUT2D eigenvalue weighted by atomic mass is 32.1. The number of amides is 1. The fourth-order valence-electron chi connectivity index (χ4n) is 4.10. The molecule has 1 aliphatic rings. The highest BCUT2D eigenvalue weighted by Gasteiger charge is 2.48. The lowest BCUT2D eigenvalue weighted by molar-refractivity contribution is -0.669. The number of hydrogen-bond acceptors (Lipinski definition) is 2. The largest absolute Gasteiger partial charge is 0.410 e. The van der Waals surface area contributed by atoms with Crippen LogP contribution in [0.4, 0.5) is 18.3 Å². The number of nitrogens with zero attached hydrogens (tertiary/aromatic N) is 2. The number of rotatable bonds is 3. The molecule has 0 fully saturated rings. The Morgan fingerprint density at radius 3 is 2.47 bits per heavy atom. The fraction of sp³-hybridized carbons (Fsp3) is 0.304. The van der Waals surface area contributed by atoms with E-state index in [0.717, 1.165) is 15.8 Å². The van der Waals surface area contributed by atoms with E-state index in [4.69, 9.17) is 0 Å². The maximum Gasteiger partial charge on any atom is 0.410 e. The number of carbonyl (C=O) groups is 1. The van der Waals surface area contributed by atoms with Gasteiger partial charge in [0.1, 0.15) is 11.6 Å². The smallest absolute Gasteiger partial charge is 0.241 e. The fourth-order valence-corrected chi connectivity index (χ4v) is 5.31. The first-order chi connectivity index (χ1) is 14.3. The molecule has 2 heterocycles. The summed E-state index contributed by atoms with van der Waals surface area (Å²) in [5, 5.41) is 0.666. The lowest BCUT2D eigenvalue weighted by atomic mass is 9.82. The number of allylic oxidation sites excluding steroid dienone is 1. The van der Waals surface area contributed by atoms with Gasteiger partial charge in [0.15, 0.2) is 0 Å². The monoisotopic (exact) mass is 431 g/mol. The van der Waals surface area contributed by atoms with Crippen LogP contribution in [0.2, 0.25) is 0 Å². The number of halogens is 3. The number of carbonyl (C=O) groups excluding carboxylic acids is 1. The van der Waals surface area contributed by atoms with E-state index in [-0.39, 0.29) is 24.0 Å². The predicted molar refractivity (Wildman–Crippen MR) is 112 cm³/mol. The number of hydrogen-bond donors (Lipinski definition) is 0. The molecule has 2 aromatic carbocycles. The van der Waals surface area contributed by atoms with Gasteiger partial charge in [0.2, 0.25) is 0 Å². The lowest BCUT2D eigenvalue weighted by Gasteiger charge is -2.36. The molecule has 1 aromatic heterocycles. The van der Waals surface area contributed by atoms with Gasteiger partial charge in [-0.1, -0.05) is 56.3 Å². The topological polar surface area (TPSA) is 24.2 Å². The van der Waals surface area contributed by atoms with E-state index in [0.29, 0.717) is 17.8 Å². The van der Waals surface area contributed by atoms with Crippen molar-refractivity contribution in [1.82, 2.24) is 0 Å². The average Bonchev–Trinajstić information content (AvgIpc) is 3.09. The van der Waals surface area contributed by atoms with Gasteiger partial charge in [0, 0.05) is 18.1 Å². The number of fused-ring (bicyclic) bond motifs is 3.